The van der Waals surface area contributed by atoms with Crippen LogP contribution in [0.15, 0.2) is 41.7 Å². The first-order valence-corrected chi connectivity index (χ1v) is 4.27. The molecule has 15 heavy (non-hydrogen) atoms. The average Bonchev–Trinajstić information content (AvgIpc) is 2.78. The molecule has 0 radical (unpaired) electrons. The van der Waals surface area contributed by atoms with Crippen LogP contribution in [0.25, 0.3) is 5.69 Å². The lowest BCUT2D eigenvalue weighted by molar-refractivity contribution is 0.318. The molecule has 76 valence electrons. The standard InChI is InChI=1S/C9H9N5O/c10-9(13-15)8-6-11-14(12-8)7-4-2-1-3-5-7/h1-6,15H,(H2,10,13). The number of nitrogens with two attached hydrogens (primary N) is 1. The summed E-state index contributed by atoms with van der Waals surface area (Å²) < 4.78 is 0. The van der Waals surface area contributed by atoms with E-state index in [9.17, 15) is 0 Å². The molecule has 0 aliphatic heterocycles. The van der Waals surface area contributed by atoms with Crippen LogP contribution in [-0.4, -0.2) is 26.0 Å². The van der Waals surface area contributed by atoms with E-state index in [-0.39, 0.29) is 5.84 Å². The summed E-state index contributed by atoms with van der Waals surface area (Å²) in [5, 5.41) is 19.3. The number of amidine groups is 1. The second-order valence-corrected chi connectivity index (χ2v) is 2.84. The number of benzene rings is 1. The van der Waals surface area contributed by atoms with E-state index in [0.29, 0.717) is 5.69 Å². The van der Waals surface area contributed by atoms with Gasteiger partial charge >= 0.3 is 0 Å². The number of aromatic nitrogens is 3. The van der Waals surface area contributed by atoms with Gasteiger partial charge in [0.25, 0.3) is 0 Å². The minimum absolute atomic E-state index is 0.0582. The van der Waals surface area contributed by atoms with Crippen molar-refractivity contribution in [2.75, 3.05) is 0 Å². The minimum Gasteiger partial charge on any atom is -0.409 e. The summed E-state index contributed by atoms with van der Waals surface area (Å²) in [5.41, 5.74) is 6.52. The van der Waals surface area contributed by atoms with E-state index in [1.807, 2.05) is 30.3 Å². The fourth-order valence-corrected chi connectivity index (χ4v) is 1.12. The molecule has 6 nitrogen and oxygen atoms in total. The molecule has 2 aromatic rings. The molecule has 0 amide bonds. The number of hydrogen-bond acceptors (Lipinski definition) is 4. The lowest BCUT2D eigenvalue weighted by atomic mass is 10.3. The van der Waals surface area contributed by atoms with Crippen molar-refractivity contribution in [2.45, 2.75) is 0 Å². The maximum atomic E-state index is 8.45. The molecule has 3 N–H and O–H groups in total. The normalized spacial score (nSPS) is 11.6. The molecule has 0 unspecified atom stereocenters. The summed E-state index contributed by atoms with van der Waals surface area (Å²) in [5.74, 6) is -0.0582. The van der Waals surface area contributed by atoms with E-state index in [1.54, 1.807) is 0 Å². The van der Waals surface area contributed by atoms with Crippen LogP contribution in [0.3, 0.4) is 0 Å². The van der Waals surface area contributed by atoms with Gasteiger partial charge in [0.1, 0.15) is 0 Å². The van der Waals surface area contributed by atoms with Crippen molar-refractivity contribution in [3.63, 3.8) is 0 Å². The van der Waals surface area contributed by atoms with Crippen molar-refractivity contribution < 1.29 is 5.21 Å². The molecule has 0 saturated carbocycles. The second-order valence-electron chi connectivity index (χ2n) is 2.84. The van der Waals surface area contributed by atoms with Crippen LogP contribution in [-0.2, 0) is 0 Å². The Bertz CT molecular complexity index is 476. The van der Waals surface area contributed by atoms with Crippen molar-refractivity contribution in [3.8, 4) is 5.69 Å². The zero-order chi connectivity index (χ0) is 10.7. The van der Waals surface area contributed by atoms with Gasteiger partial charge in [-0.1, -0.05) is 23.4 Å². The van der Waals surface area contributed by atoms with Crippen molar-refractivity contribution in [3.05, 3.63) is 42.2 Å². The maximum absolute atomic E-state index is 8.45. The van der Waals surface area contributed by atoms with Crippen molar-refractivity contribution >= 4 is 5.84 Å². The first-order valence-electron chi connectivity index (χ1n) is 4.27. The first-order chi connectivity index (χ1) is 7.31. The van der Waals surface area contributed by atoms with Crippen LogP contribution >= 0.6 is 0 Å². The SMILES string of the molecule is N/C(=N\O)c1cnn(-c2ccccc2)n1. The van der Waals surface area contributed by atoms with Crippen LogP contribution < -0.4 is 5.73 Å². The van der Waals surface area contributed by atoms with Crippen LogP contribution in [0.2, 0.25) is 0 Å². The van der Waals surface area contributed by atoms with E-state index in [1.165, 1.54) is 11.0 Å². The van der Waals surface area contributed by atoms with Gasteiger partial charge in [0.2, 0.25) is 0 Å². The minimum atomic E-state index is -0.0582. The van der Waals surface area contributed by atoms with Gasteiger partial charge in [-0.05, 0) is 12.1 Å². The molecule has 0 aliphatic carbocycles. The highest BCUT2D eigenvalue weighted by Crippen LogP contribution is 2.03. The third kappa shape index (κ3) is 1.78. The molecular formula is C9H9N5O. The molecule has 2 rings (SSSR count). The topological polar surface area (TPSA) is 89.3 Å². The predicted octanol–water partition coefficient (Wildman–Crippen LogP) is 0.362. The van der Waals surface area contributed by atoms with Gasteiger partial charge in [-0.25, -0.2) is 0 Å². The Morgan fingerprint density at radius 3 is 2.73 bits per heavy atom. The summed E-state index contributed by atoms with van der Waals surface area (Å²) in [6.07, 6.45) is 1.43. The fourth-order valence-electron chi connectivity index (χ4n) is 1.12. The molecule has 6 heteroatoms. The van der Waals surface area contributed by atoms with Crippen LogP contribution in [0, 0.1) is 0 Å². The van der Waals surface area contributed by atoms with Gasteiger partial charge in [-0.2, -0.15) is 9.90 Å². The quantitative estimate of drug-likeness (QED) is 0.319. The Balaban J connectivity index is 2.36. The zero-order valence-corrected chi connectivity index (χ0v) is 7.78. The molecule has 0 bridgehead atoms. The third-order valence-corrected chi connectivity index (χ3v) is 1.85. The molecular weight excluding hydrogens is 194 g/mol. The summed E-state index contributed by atoms with van der Waals surface area (Å²) >= 11 is 0. The zero-order valence-electron chi connectivity index (χ0n) is 7.78. The fraction of sp³-hybridized carbons (Fsp3) is 0. The van der Waals surface area contributed by atoms with E-state index in [2.05, 4.69) is 15.4 Å². The highest BCUT2D eigenvalue weighted by molar-refractivity contribution is 5.94. The monoisotopic (exact) mass is 203 g/mol. The summed E-state index contributed by atoms with van der Waals surface area (Å²) in [4.78, 5) is 1.41. The third-order valence-electron chi connectivity index (χ3n) is 1.85. The Morgan fingerprint density at radius 2 is 2.07 bits per heavy atom. The predicted molar refractivity (Wildman–Crippen MR) is 53.9 cm³/mol. The van der Waals surface area contributed by atoms with Crippen molar-refractivity contribution in [1.82, 2.24) is 15.0 Å². The highest BCUT2D eigenvalue weighted by atomic mass is 16.4. The molecule has 0 saturated heterocycles. The summed E-state index contributed by atoms with van der Waals surface area (Å²) in [6.45, 7) is 0. The Morgan fingerprint density at radius 1 is 1.33 bits per heavy atom. The number of nitrogens with zero attached hydrogens (tertiary/aromatic N) is 4. The molecule has 0 atom stereocenters. The van der Waals surface area contributed by atoms with Gasteiger partial charge in [0.15, 0.2) is 11.5 Å². The van der Waals surface area contributed by atoms with Crippen LogP contribution in [0.1, 0.15) is 5.69 Å². The number of para-hydroxylation sites is 1. The molecule has 0 fully saturated rings. The smallest absolute Gasteiger partial charge is 0.192 e. The molecule has 0 spiro atoms. The van der Waals surface area contributed by atoms with Gasteiger partial charge in [0, 0.05) is 0 Å². The van der Waals surface area contributed by atoms with E-state index in [0.717, 1.165) is 5.69 Å². The summed E-state index contributed by atoms with van der Waals surface area (Å²) in [7, 11) is 0. The Kier molecular flexibility index (Phi) is 2.32. The number of rotatable bonds is 2. The number of hydrogen-bond donors (Lipinski definition) is 2. The molecule has 1 aromatic heterocycles. The Labute approximate surface area is 85.6 Å². The van der Waals surface area contributed by atoms with Gasteiger partial charge in [-0.3, -0.25) is 0 Å². The second kappa shape index (κ2) is 3.79. The van der Waals surface area contributed by atoms with Crippen LogP contribution in [0.4, 0.5) is 0 Å². The van der Waals surface area contributed by atoms with E-state index >= 15 is 0 Å². The molecule has 1 heterocycles. The van der Waals surface area contributed by atoms with E-state index < -0.39 is 0 Å². The van der Waals surface area contributed by atoms with E-state index in [4.69, 9.17) is 10.9 Å². The first kappa shape index (κ1) is 9.20. The van der Waals surface area contributed by atoms with Gasteiger partial charge < -0.3 is 10.9 Å². The largest absolute Gasteiger partial charge is 0.409 e. The van der Waals surface area contributed by atoms with Gasteiger partial charge in [-0.15, -0.1) is 5.10 Å². The molecule has 0 aliphatic rings. The molecule has 1 aromatic carbocycles. The Hall–Kier alpha value is -2.37. The van der Waals surface area contributed by atoms with Crippen LogP contribution in [0.5, 0.6) is 0 Å². The van der Waals surface area contributed by atoms with Crippen molar-refractivity contribution in [2.24, 2.45) is 10.9 Å². The number of oxime groups is 1. The maximum Gasteiger partial charge on any atom is 0.192 e. The highest BCUT2D eigenvalue weighted by Gasteiger charge is 2.05. The lowest BCUT2D eigenvalue weighted by Crippen LogP contribution is -2.14. The van der Waals surface area contributed by atoms with Gasteiger partial charge in [0.05, 0.1) is 11.9 Å². The lowest BCUT2D eigenvalue weighted by Gasteiger charge is -1.96. The van der Waals surface area contributed by atoms with Crippen molar-refractivity contribution in [1.29, 1.82) is 0 Å². The average molecular weight is 203 g/mol. The summed E-state index contributed by atoms with van der Waals surface area (Å²) in [6, 6.07) is 9.37.